The average Bonchev–Trinajstić information content (AvgIpc) is 2.96. The van der Waals surface area contributed by atoms with Gasteiger partial charge in [-0.25, -0.2) is 9.37 Å². The van der Waals surface area contributed by atoms with Crippen molar-refractivity contribution in [2.45, 2.75) is 20.3 Å². The van der Waals surface area contributed by atoms with E-state index in [1.807, 2.05) is 36.4 Å². The lowest BCUT2D eigenvalue weighted by Crippen LogP contribution is -2.38. The fraction of sp³-hybridized carbons (Fsp3) is 0.258. The Labute approximate surface area is 248 Å². The predicted octanol–water partition coefficient (Wildman–Crippen LogP) is 6.18. The van der Waals surface area contributed by atoms with Crippen LogP contribution in [0.4, 0.5) is 27.5 Å². The largest absolute Gasteiger partial charge is 0.508 e. The number of rotatable bonds is 9. The Hall–Kier alpha value is -4.41. The molecule has 0 spiro atoms. The standard InChI is InChI=1S/C31H32ClFN6O3/c1-19(2)12-22-15-24(35-25-14-21(13-23(32)17-25)20-4-3-5-26(40)16-20)6-7-27(22)30(41)37-38-31-34-18-28(33)29(36-31)39-8-10-42-11-9-39/h3-7,13-19,35,40H,8-12H2,1-2H3,(H,37,41)(H,34,36,38). The summed E-state index contributed by atoms with van der Waals surface area (Å²) in [6, 6.07) is 18.1. The Morgan fingerprint density at radius 3 is 2.64 bits per heavy atom. The molecule has 3 aromatic carbocycles. The topological polar surface area (TPSA) is 112 Å². The molecule has 0 radical (unpaired) electrons. The second-order valence-electron chi connectivity index (χ2n) is 10.4. The van der Waals surface area contributed by atoms with Gasteiger partial charge in [-0.3, -0.25) is 15.6 Å². The van der Waals surface area contributed by atoms with Crippen molar-refractivity contribution in [2.24, 2.45) is 5.92 Å². The molecule has 42 heavy (non-hydrogen) atoms. The van der Waals surface area contributed by atoms with Crippen molar-refractivity contribution in [3.63, 3.8) is 0 Å². The van der Waals surface area contributed by atoms with Crippen LogP contribution in [-0.4, -0.2) is 47.3 Å². The molecule has 4 aromatic rings. The Morgan fingerprint density at radius 2 is 1.88 bits per heavy atom. The minimum Gasteiger partial charge on any atom is -0.508 e. The van der Waals surface area contributed by atoms with E-state index in [-0.39, 0.29) is 23.4 Å². The zero-order chi connectivity index (χ0) is 29.6. The highest BCUT2D eigenvalue weighted by molar-refractivity contribution is 6.31. The Balaban J connectivity index is 1.33. The number of phenolic OH excluding ortho intramolecular Hbond substituents is 1. The van der Waals surface area contributed by atoms with Crippen LogP contribution in [0.1, 0.15) is 29.8 Å². The molecule has 0 bridgehead atoms. The summed E-state index contributed by atoms with van der Waals surface area (Å²) in [7, 11) is 0. The van der Waals surface area contributed by atoms with E-state index in [1.165, 1.54) is 0 Å². The van der Waals surface area contributed by atoms with E-state index in [0.29, 0.717) is 49.2 Å². The van der Waals surface area contributed by atoms with Gasteiger partial charge in [-0.05, 0) is 77.6 Å². The molecule has 1 amide bonds. The van der Waals surface area contributed by atoms with Crippen LogP contribution in [0.3, 0.4) is 0 Å². The highest BCUT2D eigenvalue weighted by atomic mass is 35.5. The summed E-state index contributed by atoms with van der Waals surface area (Å²) in [5.74, 6) is -0.198. The fourth-order valence-corrected chi connectivity index (χ4v) is 5.01. The third-order valence-corrected chi connectivity index (χ3v) is 6.89. The first-order valence-corrected chi connectivity index (χ1v) is 14.0. The van der Waals surface area contributed by atoms with E-state index in [1.54, 1.807) is 29.2 Å². The molecular formula is C31H32ClFN6O3. The Bertz CT molecular complexity index is 1580. The average molecular weight is 591 g/mol. The van der Waals surface area contributed by atoms with Crippen molar-refractivity contribution < 1.29 is 19.0 Å². The molecule has 1 fully saturated rings. The summed E-state index contributed by atoms with van der Waals surface area (Å²) in [5.41, 5.74) is 9.94. The van der Waals surface area contributed by atoms with Crippen LogP contribution in [0.5, 0.6) is 5.75 Å². The summed E-state index contributed by atoms with van der Waals surface area (Å²) in [5, 5.41) is 13.8. The van der Waals surface area contributed by atoms with Crippen LogP contribution in [0.15, 0.2) is 66.9 Å². The minimum absolute atomic E-state index is 0.0819. The number of morpholine rings is 1. The zero-order valence-electron chi connectivity index (χ0n) is 23.3. The van der Waals surface area contributed by atoms with Gasteiger partial charge in [0.25, 0.3) is 5.91 Å². The molecule has 1 saturated heterocycles. The fourth-order valence-electron chi connectivity index (χ4n) is 4.78. The molecule has 0 saturated carbocycles. The summed E-state index contributed by atoms with van der Waals surface area (Å²) >= 11 is 6.42. The molecule has 0 aliphatic carbocycles. The second-order valence-corrected chi connectivity index (χ2v) is 10.9. The van der Waals surface area contributed by atoms with E-state index < -0.39 is 5.82 Å². The molecule has 4 N–H and O–H groups in total. The van der Waals surface area contributed by atoms with Gasteiger partial charge in [0, 0.05) is 35.1 Å². The van der Waals surface area contributed by atoms with Gasteiger partial charge in [0.05, 0.1) is 19.4 Å². The molecule has 5 rings (SSSR count). The highest BCUT2D eigenvalue weighted by Gasteiger charge is 2.19. The third-order valence-electron chi connectivity index (χ3n) is 6.67. The number of carbonyl (C=O) groups excluding carboxylic acids is 1. The van der Waals surface area contributed by atoms with E-state index in [0.717, 1.165) is 34.3 Å². The van der Waals surface area contributed by atoms with E-state index >= 15 is 0 Å². The predicted molar refractivity (Wildman–Crippen MR) is 163 cm³/mol. The molecule has 9 nitrogen and oxygen atoms in total. The molecule has 0 atom stereocenters. The van der Waals surface area contributed by atoms with Crippen LogP contribution in [0.25, 0.3) is 11.1 Å². The first kappa shape index (κ1) is 29.1. The number of benzene rings is 3. The smallest absolute Gasteiger partial charge is 0.269 e. The quantitative estimate of drug-likeness (QED) is 0.171. The molecule has 1 aliphatic heterocycles. The van der Waals surface area contributed by atoms with Gasteiger partial charge in [-0.15, -0.1) is 0 Å². The van der Waals surface area contributed by atoms with Gasteiger partial charge in [0.1, 0.15) is 5.75 Å². The summed E-state index contributed by atoms with van der Waals surface area (Å²) < 4.78 is 19.7. The maximum Gasteiger partial charge on any atom is 0.269 e. The van der Waals surface area contributed by atoms with Crippen molar-refractivity contribution in [3.05, 3.63) is 88.8 Å². The summed E-state index contributed by atoms with van der Waals surface area (Å²) in [4.78, 5) is 23.2. The molecule has 0 unspecified atom stereocenters. The number of hydrogen-bond acceptors (Lipinski definition) is 8. The number of ether oxygens (including phenoxy) is 1. The number of phenols is 1. The van der Waals surface area contributed by atoms with Gasteiger partial charge in [-0.1, -0.05) is 37.6 Å². The van der Waals surface area contributed by atoms with Crippen molar-refractivity contribution >= 4 is 40.6 Å². The first-order chi connectivity index (χ1) is 20.2. The van der Waals surface area contributed by atoms with Gasteiger partial charge >= 0.3 is 0 Å². The van der Waals surface area contributed by atoms with Crippen LogP contribution in [0, 0.1) is 11.7 Å². The van der Waals surface area contributed by atoms with Gasteiger partial charge < -0.3 is 20.1 Å². The number of nitrogens with one attached hydrogen (secondary N) is 3. The van der Waals surface area contributed by atoms with E-state index in [4.69, 9.17) is 16.3 Å². The van der Waals surface area contributed by atoms with Crippen LogP contribution in [0.2, 0.25) is 5.02 Å². The maximum atomic E-state index is 14.4. The minimum atomic E-state index is -0.537. The number of amides is 1. The molecular weight excluding hydrogens is 559 g/mol. The van der Waals surface area contributed by atoms with Crippen molar-refractivity contribution in [1.82, 2.24) is 15.4 Å². The highest BCUT2D eigenvalue weighted by Crippen LogP contribution is 2.31. The zero-order valence-corrected chi connectivity index (χ0v) is 24.1. The van der Waals surface area contributed by atoms with Crippen LogP contribution in [-0.2, 0) is 11.2 Å². The number of hydrogen-bond donors (Lipinski definition) is 4. The number of hydrazine groups is 1. The summed E-state index contributed by atoms with van der Waals surface area (Å²) in [6.07, 6.45) is 1.75. The first-order valence-electron chi connectivity index (χ1n) is 13.7. The van der Waals surface area contributed by atoms with Crippen LogP contribution < -0.4 is 21.1 Å². The molecule has 2 heterocycles. The van der Waals surface area contributed by atoms with E-state index in [2.05, 4.69) is 40.0 Å². The number of halogens is 2. The number of nitrogens with zero attached hydrogens (tertiary/aromatic N) is 3. The van der Waals surface area contributed by atoms with Crippen molar-refractivity contribution in [1.29, 1.82) is 0 Å². The van der Waals surface area contributed by atoms with Gasteiger partial charge in [-0.2, -0.15) is 4.98 Å². The third kappa shape index (κ3) is 7.26. The Kier molecular flexibility index (Phi) is 9.04. The Morgan fingerprint density at radius 1 is 1.07 bits per heavy atom. The number of aromatic nitrogens is 2. The molecule has 1 aromatic heterocycles. The maximum absolute atomic E-state index is 14.4. The van der Waals surface area contributed by atoms with Gasteiger partial charge in [0.15, 0.2) is 11.6 Å². The van der Waals surface area contributed by atoms with Crippen molar-refractivity contribution in [2.75, 3.05) is 41.9 Å². The van der Waals surface area contributed by atoms with E-state index in [9.17, 15) is 14.3 Å². The second kappa shape index (κ2) is 13.1. The lowest BCUT2D eigenvalue weighted by Gasteiger charge is -2.28. The van der Waals surface area contributed by atoms with Crippen LogP contribution >= 0.6 is 11.6 Å². The SMILES string of the molecule is CC(C)Cc1cc(Nc2cc(Cl)cc(-c3cccc(O)c3)c2)ccc1C(=O)NNc1ncc(F)c(N2CCOCC2)n1. The molecule has 218 valence electrons. The van der Waals surface area contributed by atoms with Crippen molar-refractivity contribution in [3.8, 4) is 16.9 Å². The number of carbonyl (C=O) groups is 1. The summed E-state index contributed by atoms with van der Waals surface area (Å²) in [6.45, 7) is 6.18. The monoisotopic (exact) mass is 590 g/mol. The normalized spacial score (nSPS) is 13.2. The number of aromatic hydroxyl groups is 1. The lowest BCUT2D eigenvalue weighted by molar-refractivity contribution is 0.0961. The van der Waals surface area contributed by atoms with Gasteiger partial charge in [0.2, 0.25) is 5.95 Å². The lowest BCUT2D eigenvalue weighted by atomic mass is 9.97. The number of anilines is 4. The molecule has 11 heteroatoms. The molecule has 1 aliphatic rings.